The number of pyridine rings is 1. The summed E-state index contributed by atoms with van der Waals surface area (Å²) >= 11 is 5.76. The van der Waals surface area contributed by atoms with Crippen LogP contribution in [0.5, 0.6) is 0 Å². The van der Waals surface area contributed by atoms with Crippen LogP contribution in [0.1, 0.15) is 21.5 Å². The minimum Gasteiger partial charge on any atom is -0.374 e. The number of ether oxygens (including phenoxy) is 2. The molecule has 1 atom stereocenters. The van der Waals surface area contributed by atoms with Crippen molar-refractivity contribution in [1.29, 1.82) is 0 Å². The zero-order valence-corrected chi connectivity index (χ0v) is 15.9. The standard InChI is InChI=1S/C19H18ClF3N2O4/c20-16-7-13(8-24-17(16)26)18(27)25-4-5-29-15(9-25)11-28-10-12-2-1-3-14(6-12)19(21,22)23/h1-3,6-8,15H,4-5,9-11H2,(H,24,26). The summed E-state index contributed by atoms with van der Waals surface area (Å²) in [6.45, 7) is 1.01. The maximum absolute atomic E-state index is 12.8. The van der Waals surface area contributed by atoms with Crippen molar-refractivity contribution in [2.75, 3.05) is 26.3 Å². The summed E-state index contributed by atoms with van der Waals surface area (Å²) in [5, 5.41) is -0.0786. The molecule has 1 aliphatic heterocycles. The summed E-state index contributed by atoms with van der Waals surface area (Å²) in [5.74, 6) is -0.311. The second-order valence-electron chi connectivity index (χ2n) is 6.52. The molecule has 6 nitrogen and oxygen atoms in total. The Kier molecular flexibility index (Phi) is 6.61. The molecule has 1 aromatic heterocycles. The molecule has 2 heterocycles. The number of hydrogen-bond donors (Lipinski definition) is 1. The zero-order valence-electron chi connectivity index (χ0n) is 15.2. The Hall–Kier alpha value is -2.36. The Morgan fingerprint density at radius 2 is 2.14 bits per heavy atom. The number of H-pyrrole nitrogens is 1. The van der Waals surface area contributed by atoms with Crippen molar-refractivity contribution in [1.82, 2.24) is 9.88 Å². The number of aromatic amines is 1. The van der Waals surface area contributed by atoms with Crippen molar-refractivity contribution in [3.63, 3.8) is 0 Å². The molecule has 0 saturated carbocycles. The van der Waals surface area contributed by atoms with Gasteiger partial charge in [-0.1, -0.05) is 23.7 Å². The highest BCUT2D eigenvalue weighted by Gasteiger charge is 2.30. The molecular formula is C19H18ClF3N2O4. The average Bonchev–Trinajstić information content (AvgIpc) is 2.69. The summed E-state index contributed by atoms with van der Waals surface area (Å²) < 4.78 is 49.3. The van der Waals surface area contributed by atoms with E-state index in [9.17, 15) is 22.8 Å². The first-order chi connectivity index (χ1) is 13.7. The average molecular weight is 431 g/mol. The van der Waals surface area contributed by atoms with Crippen LogP contribution >= 0.6 is 11.6 Å². The van der Waals surface area contributed by atoms with Gasteiger partial charge in [0.15, 0.2) is 0 Å². The van der Waals surface area contributed by atoms with Gasteiger partial charge in [-0.25, -0.2) is 0 Å². The van der Waals surface area contributed by atoms with Crippen LogP contribution in [0.25, 0.3) is 0 Å². The number of hydrogen-bond acceptors (Lipinski definition) is 4. The molecule has 0 radical (unpaired) electrons. The van der Waals surface area contributed by atoms with E-state index in [4.69, 9.17) is 21.1 Å². The van der Waals surface area contributed by atoms with Gasteiger partial charge in [0.2, 0.25) is 0 Å². The van der Waals surface area contributed by atoms with Gasteiger partial charge < -0.3 is 19.4 Å². The molecule has 10 heteroatoms. The second kappa shape index (κ2) is 8.98. The molecule has 2 aromatic rings. The molecule has 0 aliphatic carbocycles. The van der Waals surface area contributed by atoms with Crippen LogP contribution in [-0.4, -0.2) is 48.2 Å². The number of alkyl halides is 3. The highest BCUT2D eigenvalue weighted by Crippen LogP contribution is 2.29. The van der Waals surface area contributed by atoms with Crippen LogP contribution in [0.15, 0.2) is 41.3 Å². The predicted molar refractivity (Wildman–Crippen MR) is 98.8 cm³/mol. The van der Waals surface area contributed by atoms with Crippen LogP contribution < -0.4 is 5.56 Å². The van der Waals surface area contributed by atoms with Gasteiger partial charge in [-0.2, -0.15) is 13.2 Å². The maximum atomic E-state index is 12.8. The quantitative estimate of drug-likeness (QED) is 0.791. The molecule has 1 aliphatic rings. The molecule has 29 heavy (non-hydrogen) atoms. The van der Waals surface area contributed by atoms with Gasteiger partial charge in [0.25, 0.3) is 11.5 Å². The molecule has 1 saturated heterocycles. The van der Waals surface area contributed by atoms with E-state index in [0.29, 0.717) is 18.7 Å². The van der Waals surface area contributed by atoms with Gasteiger partial charge in [0.1, 0.15) is 5.02 Å². The number of carbonyl (C=O) groups is 1. The SMILES string of the molecule is O=C(c1c[nH]c(=O)c(Cl)c1)N1CCOC(COCc2cccc(C(F)(F)F)c2)C1. The fourth-order valence-corrected chi connectivity index (χ4v) is 3.08. The van der Waals surface area contributed by atoms with E-state index in [0.717, 1.165) is 12.1 Å². The van der Waals surface area contributed by atoms with E-state index in [1.54, 1.807) is 11.0 Å². The molecule has 1 N–H and O–H groups in total. The number of halogens is 4. The number of morpholine rings is 1. The van der Waals surface area contributed by atoms with E-state index in [1.165, 1.54) is 18.3 Å². The third kappa shape index (κ3) is 5.59. The van der Waals surface area contributed by atoms with Crippen LogP contribution in [0.4, 0.5) is 13.2 Å². The topological polar surface area (TPSA) is 71.6 Å². The van der Waals surface area contributed by atoms with E-state index in [-0.39, 0.29) is 36.3 Å². The molecule has 0 bridgehead atoms. The van der Waals surface area contributed by atoms with E-state index >= 15 is 0 Å². The first-order valence-corrected chi connectivity index (χ1v) is 9.15. The number of benzene rings is 1. The first kappa shape index (κ1) is 21.4. The fourth-order valence-electron chi connectivity index (χ4n) is 2.91. The number of nitrogens with zero attached hydrogens (tertiary/aromatic N) is 1. The van der Waals surface area contributed by atoms with Crippen molar-refractivity contribution in [3.05, 3.63) is 68.6 Å². The number of carbonyl (C=O) groups excluding carboxylic acids is 1. The minimum absolute atomic E-state index is 0.00669. The molecule has 0 spiro atoms. The molecular weight excluding hydrogens is 413 g/mol. The van der Waals surface area contributed by atoms with E-state index < -0.39 is 23.4 Å². The normalized spacial score (nSPS) is 17.4. The molecule has 156 valence electrons. The third-order valence-corrected chi connectivity index (χ3v) is 4.64. The summed E-state index contributed by atoms with van der Waals surface area (Å²) in [6.07, 6.45) is -3.53. The Bertz CT molecular complexity index is 932. The van der Waals surface area contributed by atoms with Crippen LogP contribution in [0, 0.1) is 0 Å². The van der Waals surface area contributed by atoms with Crippen LogP contribution in [0.3, 0.4) is 0 Å². The zero-order chi connectivity index (χ0) is 21.0. The van der Waals surface area contributed by atoms with Gasteiger partial charge in [-0.05, 0) is 23.8 Å². The van der Waals surface area contributed by atoms with Gasteiger partial charge in [0.05, 0.1) is 37.1 Å². The van der Waals surface area contributed by atoms with Gasteiger partial charge in [-0.3, -0.25) is 9.59 Å². The Balaban J connectivity index is 1.54. The Labute approximate surface area is 169 Å². The van der Waals surface area contributed by atoms with Gasteiger partial charge >= 0.3 is 6.18 Å². The second-order valence-corrected chi connectivity index (χ2v) is 6.93. The molecule has 1 amide bonds. The highest BCUT2D eigenvalue weighted by molar-refractivity contribution is 6.30. The minimum atomic E-state index is -4.41. The van der Waals surface area contributed by atoms with Crippen molar-refractivity contribution < 1.29 is 27.4 Å². The summed E-state index contributed by atoms with van der Waals surface area (Å²) in [7, 11) is 0. The number of nitrogens with one attached hydrogen (secondary N) is 1. The lowest BCUT2D eigenvalue weighted by atomic mass is 10.1. The fraction of sp³-hybridized carbons (Fsp3) is 0.368. The van der Waals surface area contributed by atoms with Gasteiger partial charge in [0, 0.05) is 19.3 Å². The molecule has 1 unspecified atom stereocenters. The number of amides is 1. The summed E-state index contributed by atoms with van der Waals surface area (Å²) in [6, 6.07) is 6.22. The van der Waals surface area contributed by atoms with Crippen LogP contribution in [-0.2, 0) is 22.3 Å². The van der Waals surface area contributed by atoms with E-state index in [1.807, 2.05) is 0 Å². The largest absolute Gasteiger partial charge is 0.416 e. The van der Waals surface area contributed by atoms with Crippen molar-refractivity contribution >= 4 is 17.5 Å². The highest BCUT2D eigenvalue weighted by atomic mass is 35.5. The van der Waals surface area contributed by atoms with E-state index in [2.05, 4.69) is 4.98 Å². The molecule has 1 fully saturated rings. The smallest absolute Gasteiger partial charge is 0.374 e. The monoisotopic (exact) mass is 430 g/mol. The number of rotatable bonds is 5. The molecule has 3 rings (SSSR count). The Morgan fingerprint density at radius 3 is 2.86 bits per heavy atom. The summed E-state index contributed by atoms with van der Waals surface area (Å²) in [5.41, 5.74) is -0.568. The lowest BCUT2D eigenvalue weighted by Crippen LogP contribution is -2.47. The third-order valence-electron chi connectivity index (χ3n) is 4.36. The molecule has 1 aromatic carbocycles. The van der Waals surface area contributed by atoms with Crippen molar-refractivity contribution in [2.24, 2.45) is 0 Å². The predicted octanol–water partition coefficient (Wildman–Crippen LogP) is 3.10. The first-order valence-electron chi connectivity index (χ1n) is 8.77. The lowest BCUT2D eigenvalue weighted by Gasteiger charge is -2.32. The summed E-state index contributed by atoms with van der Waals surface area (Å²) in [4.78, 5) is 27.8. The Morgan fingerprint density at radius 1 is 1.34 bits per heavy atom. The van der Waals surface area contributed by atoms with Crippen molar-refractivity contribution in [2.45, 2.75) is 18.9 Å². The number of aromatic nitrogens is 1. The van der Waals surface area contributed by atoms with Crippen LogP contribution in [0.2, 0.25) is 5.02 Å². The van der Waals surface area contributed by atoms with Crippen molar-refractivity contribution in [3.8, 4) is 0 Å². The maximum Gasteiger partial charge on any atom is 0.416 e. The lowest BCUT2D eigenvalue weighted by molar-refractivity contribution is -0.137. The van der Waals surface area contributed by atoms with Gasteiger partial charge in [-0.15, -0.1) is 0 Å².